The minimum Gasteiger partial charge on any atom is -0.350 e. The van der Waals surface area contributed by atoms with E-state index in [2.05, 4.69) is 42.5 Å². The average Bonchev–Trinajstić information content (AvgIpc) is 2.77. The van der Waals surface area contributed by atoms with Gasteiger partial charge in [-0.15, -0.1) is 0 Å². The van der Waals surface area contributed by atoms with Gasteiger partial charge < -0.3 is 10.6 Å². The predicted octanol–water partition coefficient (Wildman–Crippen LogP) is 2.69. The molecular formula is C12H14Br2N2O. The quantitative estimate of drug-likeness (QED) is 0.869. The van der Waals surface area contributed by atoms with Crippen molar-refractivity contribution in [3.8, 4) is 0 Å². The summed E-state index contributed by atoms with van der Waals surface area (Å²) in [4.78, 5) is 11.9. The molecule has 1 aromatic rings. The molecule has 0 bridgehead atoms. The largest absolute Gasteiger partial charge is 0.350 e. The normalized spacial score (nSPS) is 19.3. The van der Waals surface area contributed by atoms with Gasteiger partial charge in [0.1, 0.15) is 0 Å². The first-order valence-corrected chi connectivity index (χ1v) is 7.21. The van der Waals surface area contributed by atoms with Gasteiger partial charge in [-0.05, 0) is 37.6 Å². The smallest absolute Gasteiger partial charge is 0.251 e. The van der Waals surface area contributed by atoms with Crippen LogP contribution < -0.4 is 10.6 Å². The number of hydrogen-bond donors (Lipinski definition) is 2. The van der Waals surface area contributed by atoms with Crippen LogP contribution in [0.2, 0.25) is 0 Å². The Morgan fingerprint density at radius 3 is 2.65 bits per heavy atom. The van der Waals surface area contributed by atoms with E-state index in [-0.39, 0.29) is 5.91 Å². The van der Waals surface area contributed by atoms with Crippen molar-refractivity contribution in [3.63, 3.8) is 0 Å². The van der Waals surface area contributed by atoms with Gasteiger partial charge in [-0.25, -0.2) is 0 Å². The second-order valence-electron chi connectivity index (χ2n) is 4.16. The fourth-order valence-electron chi connectivity index (χ4n) is 1.93. The summed E-state index contributed by atoms with van der Waals surface area (Å²) in [5, 5.41) is 6.31. The minimum atomic E-state index is -0.0271. The Balaban J connectivity index is 1.94. The van der Waals surface area contributed by atoms with E-state index in [1.54, 1.807) is 0 Å². The van der Waals surface area contributed by atoms with Crippen molar-refractivity contribution < 1.29 is 4.79 Å². The van der Waals surface area contributed by atoms with Crippen molar-refractivity contribution >= 4 is 37.8 Å². The Morgan fingerprint density at radius 2 is 2.06 bits per heavy atom. The molecule has 1 aromatic carbocycles. The molecule has 1 saturated heterocycles. The molecule has 0 radical (unpaired) electrons. The Hall–Kier alpha value is -0.390. The van der Waals surface area contributed by atoms with Crippen molar-refractivity contribution in [1.82, 2.24) is 10.6 Å². The zero-order valence-electron chi connectivity index (χ0n) is 9.30. The van der Waals surface area contributed by atoms with Crippen LogP contribution in [-0.2, 0) is 0 Å². The van der Waals surface area contributed by atoms with E-state index in [0.29, 0.717) is 18.2 Å². The fraction of sp³-hybridized carbons (Fsp3) is 0.417. The van der Waals surface area contributed by atoms with Crippen LogP contribution in [0.4, 0.5) is 0 Å². The van der Waals surface area contributed by atoms with E-state index in [1.807, 2.05) is 18.2 Å². The van der Waals surface area contributed by atoms with Crippen LogP contribution in [0.1, 0.15) is 23.2 Å². The Morgan fingerprint density at radius 1 is 1.35 bits per heavy atom. The van der Waals surface area contributed by atoms with Crippen molar-refractivity contribution in [1.29, 1.82) is 0 Å². The first-order chi connectivity index (χ1) is 8.15. The molecule has 17 heavy (non-hydrogen) atoms. The maximum Gasteiger partial charge on any atom is 0.251 e. The second-order valence-corrected chi connectivity index (χ2v) is 5.99. The molecular weight excluding hydrogens is 348 g/mol. The average molecular weight is 362 g/mol. The molecule has 1 fully saturated rings. The van der Waals surface area contributed by atoms with Gasteiger partial charge in [0.15, 0.2) is 0 Å². The highest BCUT2D eigenvalue weighted by molar-refractivity contribution is 9.11. The van der Waals surface area contributed by atoms with Crippen LogP contribution in [0.15, 0.2) is 27.1 Å². The number of hydrogen-bond acceptors (Lipinski definition) is 2. The highest BCUT2D eigenvalue weighted by Gasteiger charge is 2.15. The summed E-state index contributed by atoms with van der Waals surface area (Å²) in [6.07, 6.45) is 2.34. The molecule has 1 amide bonds. The van der Waals surface area contributed by atoms with E-state index in [9.17, 15) is 4.79 Å². The molecule has 1 unspecified atom stereocenters. The van der Waals surface area contributed by atoms with Gasteiger partial charge in [0.2, 0.25) is 0 Å². The van der Waals surface area contributed by atoms with E-state index >= 15 is 0 Å². The van der Waals surface area contributed by atoms with Crippen molar-refractivity contribution in [2.45, 2.75) is 18.9 Å². The lowest BCUT2D eigenvalue weighted by Crippen LogP contribution is -2.37. The molecule has 0 aromatic heterocycles. The molecule has 3 nitrogen and oxygen atoms in total. The SMILES string of the molecule is O=C(NCC1CCCN1)c1cc(Br)cc(Br)c1. The van der Waals surface area contributed by atoms with Crippen LogP contribution in [0, 0.1) is 0 Å². The lowest BCUT2D eigenvalue weighted by Gasteiger charge is -2.11. The van der Waals surface area contributed by atoms with Gasteiger partial charge in [-0.3, -0.25) is 4.79 Å². The zero-order valence-corrected chi connectivity index (χ0v) is 12.5. The second kappa shape index (κ2) is 5.98. The third-order valence-corrected chi connectivity index (χ3v) is 3.71. The Bertz CT molecular complexity index is 397. The number of rotatable bonds is 3. The molecule has 1 heterocycles. The Kier molecular flexibility index (Phi) is 4.59. The number of carbonyl (C=O) groups is 1. The summed E-state index contributed by atoms with van der Waals surface area (Å²) in [7, 11) is 0. The van der Waals surface area contributed by atoms with Gasteiger partial charge in [0.05, 0.1) is 0 Å². The monoisotopic (exact) mass is 360 g/mol. The van der Waals surface area contributed by atoms with Crippen molar-refractivity contribution in [2.24, 2.45) is 0 Å². The fourth-order valence-corrected chi connectivity index (χ4v) is 3.23. The highest BCUT2D eigenvalue weighted by Crippen LogP contribution is 2.20. The van der Waals surface area contributed by atoms with Crippen molar-refractivity contribution in [2.75, 3.05) is 13.1 Å². The van der Waals surface area contributed by atoms with E-state index < -0.39 is 0 Å². The van der Waals surface area contributed by atoms with Crippen LogP contribution in [-0.4, -0.2) is 25.0 Å². The molecule has 0 spiro atoms. The van der Waals surface area contributed by atoms with Gasteiger partial charge in [-0.1, -0.05) is 31.9 Å². The lowest BCUT2D eigenvalue weighted by atomic mass is 10.2. The molecule has 2 N–H and O–H groups in total. The third-order valence-electron chi connectivity index (χ3n) is 2.80. The lowest BCUT2D eigenvalue weighted by molar-refractivity contribution is 0.0950. The molecule has 0 aliphatic carbocycles. The maximum absolute atomic E-state index is 11.9. The summed E-state index contributed by atoms with van der Waals surface area (Å²) >= 11 is 6.75. The van der Waals surface area contributed by atoms with Crippen LogP contribution in [0.25, 0.3) is 0 Å². The number of halogens is 2. The predicted molar refractivity (Wildman–Crippen MR) is 75.2 cm³/mol. The standard InChI is InChI=1S/C12H14Br2N2O/c13-9-4-8(5-10(14)6-9)12(17)16-7-11-2-1-3-15-11/h4-6,11,15H,1-3,7H2,(H,16,17). The summed E-state index contributed by atoms with van der Waals surface area (Å²) in [5.74, 6) is -0.0271. The summed E-state index contributed by atoms with van der Waals surface area (Å²) < 4.78 is 1.80. The van der Waals surface area contributed by atoms with Gasteiger partial charge in [-0.2, -0.15) is 0 Å². The zero-order chi connectivity index (χ0) is 12.3. The summed E-state index contributed by atoms with van der Waals surface area (Å²) in [6.45, 7) is 1.76. The Labute approximate surface area is 118 Å². The molecule has 0 saturated carbocycles. The highest BCUT2D eigenvalue weighted by atomic mass is 79.9. The molecule has 92 valence electrons. The molecule has 2 rings (SSSR count). The number of nitrogens with one attached hydrogen (secondary N) is 2. The van der Waals surface area contributed by atoms with E-state index in [4.69, 9.17) is 0 Å². The number of benzene rings is 1. The van der Waals surface area contributed by atoms with E-state index in [0.717, 1.165) is 21.9 Å². The van der Waals surface area contributed by atoms with Crippen molar-refractivity contribution in [3.05, 3.63) is 32.7 Å². The van der Waals surface area contributed by atoms with Crippen LogP contribution in [0.3, 0.4) is 0 Å². The van der Waals surface area contributed by atoms with E-state index in [1.165, 1.54) is 6.42 Å². The number of amides is 1. The molecule has 1 atom stereocenters. The minimum absolute atomic E-state index is 0.0271. The summed E-state index contributed by atoms with van der Waals surface area (Å²) in [5.41, 5.74) is 0.671. The van der Waals surface area contributed by atoms with Crippen LogP contribution in [0.5, 0.6) is 0 Å². The van der Waals surface area contributed by atoms with Gasteiger partial charge >= 0.3 is 0 Å². The van der Waals surface area contributed by atoms with Gasteiger partial charge in [0.25, 0.3) is 5.91 Å². The topological polar surface area (TPSA) is 41.1 Å². The molecule has 5 heteroatoms. The molecule has 1 aliphatic rings. The first-order valence-electron chi connectivity index (χ1n) is 5.63. The molecule has 1 aliphatic heterocycles. The van der Waals surface area contributed by atoms with Gasteiger partial charge in [0, 0.05) is 27.1 Å². The summed E-state index contributed by atoms with van der Waals surface area (Å²) in [6, 6.07) is 5.98. The van der Waals surface area contributed by atoms with Crippen LogP contribution >= 0.6 is 31.9 Å². The number of carbonyl (C=O) groups excluding carboxylic acids is 1. The third kappa shape index (κ3) is 3.79. The first kappa shape index (κ1) is 13.1. The maximum atomic E-state index is 11.9.